The van der Waals surface area contributed by atoms with Crippen LogP contribution >= 0.6 is 0 Å². The first-order valence-corrected chi connectivity index (χ1v) is 8.30. The smallest absolute Gasteiger partial charge is 0.490 e. The van der Waals surface area contributed by atoms with Gasteiger partial charge in [0.2, 0.25) is 11.6 Å². The fraction of sp³-hybridized carbons (Fsp3) is 0.647. The fourth-order valence-corrected chi connectivity index (χ4v) is 2.86. The first-order chi connectivity index (χ1) is 11.4. The average molecular weight is 348 g/mol. The maximum atomic E-state index is 14.4. The maximum Gasteiger partial charge on any atom is 0.573 e. The van der Waals surface area contributed by atoms with Gasteiger partial charge in [0, 0.05) is 0 Å². The van der Waals surface area contributed by atoms with Gasteiger partial charge >= 0.3 is 6.36 Å². The van der Waals surface area contributed by atoms with E-state index in [0.717, 1.165) is 44.9 Å². The van der Waals surface area contributed by atoms with Gasteiger partial charge in [-0.05, 0) is 50.2 Å². The van der Waals surface area contributed by atoms with Crippen molar-refractivity contribution >= 4 is 0 Å². The van der Waals surface area contributed by atoms with Crippen molar-refractivity contribution in [2.45, 2.75) is 57.4 Å². The minimum absolute atomic E-state index is 0.207. The van der Waals surface area contributed by atoms with E-state index in [0.29, 0.717) is 5.92 Å². The summed E-state index contributed by atoms with van der Waals surface area (Å²) in [5, 5.41) is 0. The molecule has 0 saturated heterocycles. The summed E-state index contributed by atoms with van der Waals surface area (Å²) in [5.41, 5.74) is 0. The quantitative estimate of drug-likeness (QED) is 0.632. The van der Waals surface area contributed by atoms with E-state index in [1.165, 1.54) is 12.1 Å². The summed E-state index contributed by atoms with van der Waals surface area (Å²) in [7, 11) is 0. The summed E-state index contributed by atoms with van der Waals surface area (Å²) < 4.78 is 67.0. The molecule has 0 radical (unpaired) electrons. The van der Waals surface area contributed by atoms with Crippen LogP contribution in [-0.2, 0) is 0 Å². The van der Waals surface area contributed by atoms with Crippen LogP contribution in [0.5, 0.6) is 17.2 Å². The minimum atomic E-state index is -5.00. The predicted octanol–water partition coefficient (Wildman–Crippen LogP) is 5.22. The summed E-state index contributed by atoms with van der Waals surface area (Å²) in [5.74, 6) is -2.00. The van der Waals surface area contributed by atoms with Crippen molar-refractivity contribution in [2.24, 2.45) is 5.92 Å². The minimum Gasteiger partial charge on any atom is -0.490 e. The van der Waals surface area contributed by atoms with Crippen LogP contribution in [0.25, 0.3) is 0 Å². The lowest BCUT2D eigenvalue weighted by molar-refractivity contribution is -0.276. The Balaban J connectivity index is 1.76. The number of ether oxygens (including phenoxy) is 3. The lowest BCUT2D eigenvalue weighted by Gasteiger charge is -2.19. The number of rotatable bonds is 7. The first-order valence-electron chi connectivity index (χ1n) is 8.30. The van der Waals surface area contributed by atoms with Gasteiger partial charge in [0.05, 0.1) is 12.7 Å². The van der Waals surface area contributed by atoms with Gasteiger partial charge in [-0.1, -0.05) is 12.8 Å². The largest absolute Gasteiger partial charge is 0.573 e. The third-order valence-electron chi connectivity index (χ3n) is 4.32. The van der Waals surface area contributed by atoms with Gasteiger partial charge in [-0.25, -0.2) is 0 Å². The molecule has 134 valence electrons. The summed E-state index contributed by atoms with van der Waals surface area (Å²) in [6, 6.07) is 2.59. The zero-order chi connectivity index (χ0) is 17.2. The third kappa shape index (κ3) is 4.68. The van der Waals surface area contributed by atoms with Crippen LogP contribution in [-0.4, -0.2) is 19.1 Å². The van der Waals surface area contributed by atoms with Crippen molar-refractivity contribution < 1.29 is 31.8 Å². The van der Waals surface area contributed by atoms with E-state index < -0.39 is 17.9 Å². The molecule has 0 aliphatic heterocycles. The molecule has 0 N–H and O–H groups in total. The SMILES string of the molecule is Fc1c(OCCC2CC2)ccc(OC2CCCC2)c1OC(F)(F)F. The van der Waals surface area contributed by atoms with E-state index in [9.17, 15) is 17.6 Å². The summed E-state index contributed by atoms with van der Waals surface area (Å²) in [4.78, 5) is 0. The third-order valence-corrected chi connectivity index (χ3v) is 4.32. The molecule has 0 spiro atoms. The highest BCUT2D eigenvalue weighted by molar-refractivity contribution is 5.47. The first kappa shape index (κ1) is 17.2. The zero-order valence-electron chi connectivity index (χ0n) is 13.2. The Morgan fingerprint density at radius 1 is 1.00 bits per heavy atom. The topological polar surface area (TPSA) is 27.7 Å². The summed E-state index contributed by atoms with van der Waals surface area (Å²) in [6.45, 7) is 0.274. The number of halogens is 4. The van der Waals surface area contributed by atoms with Crippen LogP contribution in [0.15, 0.2) is 12.1 Å². The molecular formula is C17H20F4O3. The lowest BCUT2D eigenvalue weighted by atomic mass is 10.2. The van der Waals surface area contributed by atoms with Gasteiger partial charge in [0.25, 0.3) is 0 Å². The molecule has 0 aromatic heterocycles. The van der Waals surface area contributed by atoms with Crippen molar-refractivity contribution in [3.05, 3.63) is 17.9 Å². The van der Waals surface area contributed by atoms with E-state index in [1.54, 1.807) is 0 Å². The highest BCUT2D eigenvalue weighted by Crippen LogP contribution is 2.41. The molecule has 0 atom stereocenters. The number of benzene rings is 1. The molecule has 1 aromatic carbocycles. The van der Waals surface area contributed by atoms with Crippen LogP contribution in [0.2, 0.25) is 0 Å². The van der Waals surface area contributed by atoms with Crippen LogP contribution < -0.4 is 14.2 Å². The van der Waals surface area contributed by atoms with Crippen molar-refractivity contribution in [3.8, 4) is 17.2 Å². The van der Waals surface area contributed by atoms with Crippen molar-refractivity contribution in [1.82, 2.24) is 0 Å². The molecule has 0 amide bonds. The lowest BCUT2D eigenvalue weighted by Crippen LogP contribution is -2.20. The van der Waals surface area contributed by atoms with Gasteiger partial charge in [-0.2, -0.15) is 4.39 Å². The van der Waals surface area contributed by atoms with Crippen LogP contribution in [0.1, 0.15) is 44.9 Å². The van der Waals surface area contributed by atoms with Crippen LogP contribution in [0, 0.1) is 11.7 Å². The molecule has 2 aliphatic rings. The van der Waals surface area contributed by atoms with Gasteiger partial charge in [0.15, 0.2) is 11.5 Å². The molecule has 7 heteroatoms. The second-order valence-electron chi connectivity index (χ2n) is 6.36. The highest BCUT2D eigenvalue weighted by atomic mass is 19.4. The maximum absolute atomic E-state index is 14.4. The molecule has 1 aromatic rings. The van der Waals surface area contributed by atoms with E-state index in [4.69, 9.17) is 9.47 Å². The monoisotopic (exact) mass is 348 g/mol. The number of hydrogen-bond acceptors (Lipinski definition) is 3. The second-order valence-corrected chi connectivity index (χ2v) is 6.36. The Bertz CT molecular complexity index is 564. The van der Waals surface area contributed by atoms with E-state index in [1.807, 2.05) is 0 Å². The fourth-order valence-electron chi connectivity index (χ4n) is 2.86. The van der Waals surface area contributed by atoms with E-state index in [2.05, 4.69) is 4.74 Å². The van der Waals surface area contributed by atoms with Crippen molar-refractivity contribution in [1.29, 1.82) is 0 Å². The van der Waals surface area contributed by atoms with Crippen molar-refractivity contribution in [3.63, 3.8) is 0 Å². The van der Waals surface area contributed by atoms with Gasteiger partial charge in [0.1, 0.15) is 0 Å². The highest BCUT2D eigenvalue weighted by Gasteiger charge is 2.36. The van der Waals surface area contributed by atoms with Gasteiger partial charge in [-0.3, -0.25) is 0 Å². The standard InChI is InChI=1S/C17H20F4O3/c18-15-13(22-10-9-11-5-6-11)7-8-14(16(15)24-17(19,20)21)23-12-3-1-2-4-12/h7-8,11-12H,1-6,9-10H2. The Labute approximate surface area is 137 Å². The number of alkyl halides is 3. The summed E-state index contributed by atoms with van der Waals surface area (Å²) >= 11 is 0. The molecule has 0 unspecified atom stereocenters. The molecule has 2 aliphatic carbocycles. The second kappa shape index (κ2) is 7.07. The normalized spacial score (nSPS) is 18.7. The summed E-state index contributed by atoms with van der Waals surface area (Å²) in [6.07, 6.45) is 1.21. The Morgan fingerprint density at radius 2 is 1.67 bits per heavy atom. The molecule has 2 fully saturated rings. The Hall–Kier alpha value is -1.66. The Morgan fingerprint density at radius 3 is 2.29 bits per heavy atom. The molecular weight excluding hydrogens is 328 g/mol. The Kier molecular flexibility index (Phi) is 5.06. The molecule has 24 heavy (non-hydrogen) atoms. The van der Waals surface area contributed by atoms with E-state index in [-0.39, 0.29) is 24.2 Å². The van der Waals surface area contributed by atoms with Crippen LogP contribution in [0.3, 0.4) is 0 Å². The number of hydrogen-bond donors (Lipinski definition) is 0. The van der Waals surface area contributed by atoms with Gasteiger partial charge in [-0.15, -0.1) is 13.2 Å². The zero-order valence-corrected chi connectivity index (χ0v) is 13.2. The van der Waals surface area contributed by atoms with Gasteiger partial charge < -0.3 is 14.2 Å². The molecule has 3 nitrogen and oxygen atoms in total. The predicted molar refractivity (Wildman–Crippen MR) is 78.8 cm³/mol. The molecule has 2 saturated carbocycles. The van der Waals surface area contributed by atoms with E-state index >= 15 is 0 Å². The average Bonchev–Trinajstić information content (AvgIpc) is 3.18. The van der Waals surface area contributed by atoms with Crippen molar-refractivity contribution in [2.75, 3.05) is 6.61 Å². The molecule has 0 heterocycles. The van der Waals surface area contributed by atoms with Crippen LogP contribution in [0.4, 0.5) is 17.6 Å². The molecule has 3 rings (SSSR count). The molecule has 0 bridgehead atoms.